The molecule has 8 heteroatoms. The number of fused-ring (bicyclic) bond motifs is 1. The van der Waals surface area contributed by atoms with Crippen molar-refractivity contribution < 1.29 is 9.53 Å². The maximum atomic E-state index is 14.0. The third-order valence-electron chi connectivity index (χ3n) is 8.09. The first-order chi connectivity index (χ1) is 17.3. The number of ether oxygens (including phenoxy) is 1. The topological polar surface area (TPSA) is 88.9 Å². The normalized spacial score (nSPS) is 25.1. The minimum Gasteiger partial charge on any atom is -0.376 e. The van der Waals surface area contributed by atoms with Crippen LogP contribution in [0, 0.1) is 5.92 Å². The molecule has 2 aromatic carbocycles. The molecule has 2 aromatic heterocycles. The maximum absolute atomic E-state index is 14.0. The van der Waals surface area contributed by atoms with Gasteiger partial charge < -0.3 is 14.2 Å². The van der Waals surface area contributed by atoms with E-state index in [-0.39, 0.29) is 17.4 Å². The average molecular weight is 485 g/mol. The lowest BCUT2D eigenvalue weighted by molar-refractivity contribution is -0.0592. The summed E-state index contributed by atoms with van der Waals surface area (Å²) in [7, 11) is 1.83. The van der Waals surface area contributed by atoms with Crippen LogP contribution in [-0.2, 0) is 10.3 Å². The highest BCUT2D eigenvalue weighted by atomic mass is 16.5. The molecule has 1 saturated carbocycles. The number of aromatic nitrogens is 5. The lowest BCUT2D eigenvalue weighted by Gasteiger charge is -2.35. The number of hydrogen-bond donors (Lipinski definition) is 1. The maximum Gasteiger partial charge on any atom is 0.274 e. The number of nitrogens with one attached hydrogen (secondary N) is 1. The van der Waals surface area contributed by atoms with E-state index in [1.807, 2.05) is 43.4 Å². The van der Waals surface area contributed by atoms with Crippen LogP contribution in [-0.4, -0.2) is 50.4 Å². The molecule has 1 aliphatic heterocycles. The van der Waals surface area contributed by atoms with Crippen molar-refractivity contribution in [3.05, 3.63) is 71.7 Å². The van der Waals surface area contributed by atoms with Gasteiger partial charge in [0.05, 0.1) is 5.60 Å². The Bertz CT molecular complexity index is 1410. The summed E-state index contributed by atoms with van der Waals surface area (Å²) in [5.41, 5.74) is 3.21. The van der Waals surface area contributed by atoms with Gasteiger partial charge in [-0.15, -0.1) is 5.10 Å². The number of carbonyl (C=O) groups is 1. The summed E-state index contributed by atoms with van der Waals surface area (Å²) in [5.74, 6) is 1.35. The Balaban J connectivity index is 1.49. The molecule has 0 radical (unpaired) electrons. The van der Waals surface area contributed by atoms with Crippen LogP contribution in [0.1, 0.15) is 67.8 Å². The van der Waals surface area contributed by atoms with E-state index in [0.29, 0.717) is 17.4 Å². The van der Waals surface area contributed by atoms with Crippen LogP contribution in [0.3, 0.4) is 0 Å². The van der Waals surface area contributed by atoms with Gasteiger partial charge in [-0.25, -0.2) is 5.10 Å². The molecule has 2 aliphatic rings. The molecular formula is C28H32N6O2. The minimum absolute atomic E-state index is 0.0582. The molecule has 1 N–H and O–H groups in total. The van der Waals surface area contributed by atoms with E-state index in [0.717, 1.165) is 42.5 Å². The van der Waals surface area contributed by atoms with Crippen molar-refractivity contribution in [1.82, 2.24) is 25.2 Å². The van der Waals surface area contributed by atoms with Crippen LogP contribution in [0.15, 0.2) is 54.6 Å². The highest BCUT2D eigenvalue weighted by Crippen LogP contribution is 2.56. The number of tetrazole rings is 1. The highest BCUT2D eigenvalue weighted by Gasteiger charge is 2.58. The molecule has 36 heavy (non-hydrogen) atoms. The fourth-order valence-corrected chi connectivity index (χ4v) is 6.03. The third kappa shape index (κ3) is 3.63. The Morgan fingerprint density at radius 1 is 1.14 bits per heavy atom. The van der Waals surface area contributed by atoms with Crippen LogP contribution >= 0.6 is 0 Å². The molecule has 1 aliphatic carbocycles. The van der Waals surface area contributed by atoms with Gasteiger partial charge in [0.15, 0.2) is 5.82 Å². The number of amides is 1. The van der Waals surface area contributed by atoms with Gasteiger partial charge in [-0.3, -0.25) is 4.79 Å². The van der Waals surface area contributed by atoms with Gasteiger partial charge in [-0.1, -0.05) is 31.2 Å². The molecule has 1 saturated heterocycles. The zero-order chi connectivity index (χ0) is 25.1. The zero-order valence-corrected chi connectivity index (χ0v) is 21.2. The second kappa shape index (κ2) is 8.27. The number of H-pyrrole nitrogens is 1. The number of para-hydroxylation sites is 1. The number of nitrogens with zero attached hydrogens (tertiary/aromatic N) is 5. The SMILES string of the molecule is C[C@H]1C[C@]1(c1nnn[nH]1)n1c(C(=O)N(C)c2ccccc2)cc2cc([C@H]3CCOC(C)(C)C3)ccc21. The van der Waals surface area contributed by atoms with Gasteiger partial charge in [0.25, 0.3) is 5.91 Å². The highest BCUT2D eigenvalue weighted by molar-refractivity contribution is 6.08. The zero-order valence-electron chi connectivity index (χ0n) is 21.2. The van der Waals surface area contributed by atoms with Gasteiger partial charge in [0.1, 0.15) is 11.2 Å². The van der Waals surface area contributed by atoms with Crippen LogP contribution in [0.5, 0.6) is 0 Å². The number of benzene rings is 2. The fraction of sp³-hybridized carbons (Fsp3) is 0.429. The number of carbonyl (C=O) groups excluding carboxylic acids is 1. The predicted molar refractivity (Wildman–Crippen MR) is 138 cm³/mol. The molecule has 3 atom stereocenters. The molecule has 1 amide bonds. The predicted octanol–water partition coefficient (Wildman–Crippen LogP) is 4.89. The summed E-state index contributed by atoms with van der Waals surface area (Å²) in [4.78, 5) is 15.7. The van der Waals surface area contributed by atoms with E-state index in [1.54, 1.807) is 4.90 Å². The second-order valence-corrected chi connectivity index (χ2v) is 11.0. The summed E-state index contributed by atoms with van der Waals surface area (Å²) in [5, 5.41) is 16.1. The molecule has 6 rings (SSSR count). The first kappa shape index (κ1) is 22.9. The molecular weight excluding hydrogens is 452 g/mol. The number of rotatable bonds is 5. The Hall–Kier alpha value is -3.52. The van der Waals surface area contributed by atoms with Crippen molar-refractivity contribution in [3.63, 3.8) is 0 Å². The van der Waals surface area contributed by atoms with Crippen LogP contribution in [0.25, 0.3) is 10.9 Å². The quantitative estimate of drug-likeness (QED) is 0.436. The van der Waals surface area contributed by atoms with Crippen LogP contribution < -0.4 is 4.90 Å². The Kier molecular flexibility index (Phi) is 5.26. The van der Waals surface area contributed by atoms with E-state index < -0.39 is 5.54 Å². The van der Waals surface area contributed by atoms with E-state index >= 15 is 0 Å². The van der Waals surface area contributed by atoms with Gasteiger partial charge in [0.2, 0.25) is 0 Å². The Morgan fingerprint density at radius 2 is 1.92 bits per heavy atom. The first-order valence-corrected chi connectivity index (χ1v) is 12.7. The first-order valence-electron chi connectivity index (χ1n) is 12.7. The number of hydrogen-bond acceptors (Lipinski definition) is 5. The number of aromatic amines is 1. The molecule has 8 nitrogen and oxygen atoms in total. The smallest absolute Gasteiger partial charge is 0.274 e. The van der Waals surface area contributed by atoms with Crippen molar-refractivity contribution in [2.24, 2.45) is 5.92 Å². The minimum atomic E-state index is -0.476. The van der Waals surface area contributed by atoms with E-state index in [9.17, 15) is 4.79 Å². The van der Waals surface area contributed by atoms with Gasteiger partial charge in [-0.2, -0.15) is 0 Å². The molecule has 2 fully saturated rings. The van der Waals surface area contributed by atoms with E-state index in [4.69, 9.17) is 4.74 Å². The monoisotopic (exact) mass is 484 g/mol. The largest absolute Gasteiger partial charge is 0.376 e. The summed E-state index contributed by atoms with van der Waals surface area (Å²) >= 11 is 0. The fourth-order valence-electron chi connectivity index (χ4n) is 6.03. The molecule has 0 unspecified atom stereocenters. The summed E-state index contributed by atoms with van der Waals surface area (Å²) in [6.07, 6.45) is 2.84. The van der Waals surface area contributed by atoms with Crippen molar-refractivity contribution in [1.29, 1.82) is 0 Å². The Labute approximate surface area is 210 Å². The van der Waals surface area contributed by atoms with Crippen LogP contribution in [0.4, 0.5) is 5.69 Å². The second-order valence-electron chi connectivity index (χ2n) is 11.0. The third-order valence-corrected chi connectivity index (χ3v) is 8.09. The van der Waals surface area contributed by atoms with Crippen LogP contribution in [0.2, 0.25) is 0 Å². The van der Waals surface area contributed by atoms with Gasteiger partial charge in [0, 0.05) is 30.2 Å². The molecule has 0 spiro atoms. The summed E-state index contributed by atoms with van der Waals surface area (Å²) in [6.45, 7) is 7.27. The lowest BCUT2D eigenvalue weighted by atomic mass is 9.83. The van der Waals surface area contributed by atoms with Crippen molar-refractivity contribution in [2.75, 3.05) is 18.6 Å². The van der Waals surface area contributed by atoms with E-state index in [2.05, 4.69) is 64.2 Å². The molecule has 186 valence electrons. The van der Waals surface area contributed by atoms with Crippen molar-refractivity contribution >= 4 is 22.5 Å². The van der Waals surface area contributed by atoms with E-state index in [1.165, 1.54) is 5.56 Å². The van der Waals surface area contributed by atoms with Crippen molar-refractivity contribution in [2.45, 2.75) is 57.1 Å². The molecule has 0 bridgehead atoms. The van der Waals surface area contributed by atoms with Crippen molar-refractivity contribution in [3.8, 4) is 0 Å². The molecule has 3 heterocycles. The standard InChI is InChI=1S/C28H32N6O2/c1-18-16-28(18,26-29-31-32-30-26)34-23-11-10-19(20-12-13-36-27(2,3)17-20)14-21(23)15-24(34)25(35)33(4)22-8-6-5-7-9-22/h5-11,14-15,18,20H,12-13,16-17H2,1-4H3,(H,29,30,31,32)/t18-,20-,28-/m0/s1. The van der Waals surface area contributed by atoms with Gasteiger partial charge in [-0.05, 0) is 91.3 Å². The van der Waals surface area contributed by atoms with Gasteiger partial charge >= 0.3 is 0 Å². The average Bonchev–Trinajstić information content (AvgIpc) is 3.24. The summed E-state index contributed by atoms with van der Waals surface area (Å²) < 4.78 is 8.13. The molecule has 4 aromatic rings. The lowest BCUT2D eigenvalue weighted by Crippen LogP contribution is -2.33. The Morgan fingerprint density at radius 3 is 2.58 bits per heavy atom. The summed E-state index contributed by atoms with van der Waals surface area (Å²) in [6, 6.07) is 18.4. The number of anilines is 1.